The van der Waals surface area contributed by atoms with E-state index >= 15 is 0 Å². The van der Waals surface area contributed by atoms with Crippen LogP contribution in [0.2, 0.25) is 10.0 Å². The van der Waals surface area contributed by atoms with Crippen LogP contribution in [0.5, 0.6) is 5.75 Å². The summed E-state index contributed by atoms with van der Waals surface area (Å²) >= 11 is 12.2. The molecule has 31 heavy (non-hydrogen) atoms. The summed E-state index contributed by atoms with van der Waals surface area (Å²) in [6.07, 6.45) is 4.69. The van der Waals surface area contributed by atoms with Crippen molar-refractivity contribution in [2.45, 2.75) is 32.9 Å². The first kappa shape index (κ1) is 22.8. The van der Waals surface area contributed by atoms with Gasteiger partial charge in [0, 0.05) is 34.1 Å². The number of aromatic nitrogens is 3. The van der Waals surface area contributed by atoms with E-state index in [0.29, 0.717) is 23.1 Å². The maximum Gasteiger partial charge on any atom is 0.308 e. The number of benzene rings is 1. The smallest absolute Gasteiger partial charge is 0.308 e. The molecule has 1 aromatic carbocycles. The monoisotopic (exact) mass is 466 g/mol. The second-order valence-corrected chi connectivity index (χ2v) is 7.80. The van der Waals surface area contributed by atoms with E-state index in [1.165, 1.54) is 12.1 Å². The minimum atomic E-state index is -0.868. The summed E-state index contributed by atoms with van der Waals surface area (Å²) in [6, 6.07) is 4.27. The Morgan fingerprint density at radius 1 is 1.32 bits per heavy atom. The van der Waals surface area contributed by atoms with Crippen LogP contribution in [-0.4, -0.2) is 25.8 Å². The molecule has 2 atom stereocenters. The van der Waals surface area contributed by atoms with Gasteiger partial charge in [-0.25, -0.2) is 9.37 Å². The Labute approximate surface area is 188 Å². The first-order chi connectivity index (χ1) is 14.7. The Morgan fingerprint density at radius 2 is 2.06 bits per heavy atom. The molecule has 0 aliphatic heterocycles. The molecule has 3 aromatic rings. The number of halogens is 3. The van der Waals surface area contributed by atoms with Gasteiger partial charge in [0.25, 0.3) is 0 Å². The Morgan fingerprint density at radius 3 is 2.74 bits per heavy atom. The lowest BCUT2D eigenvalue weighted by Crippen LogP contribution is -2.19. The van der Waals surface area contributed by atoms with Crippen molar-refractivity contribution in [3.05, 3.63) is 58.2 Å². The van der Waals surface area contributed by atoms with Crippen LogP contribution in [0, 0.1) is 11.7 Å². The third-order valence-corrected chi connectivity index (χ3v) is 5.60. The predicted octanol–water partition coefficient (Wildman–Crippen LogP) is 5.22. The molecule has 3 rings (SSSR count). The molecule has 0 aliphatic rings. The summed E-state index contributed by atoms with van der Waals surface area (Å²) in [7, 11) is 0. The van der Waals surface area contributed by atoms with Crippen molar-refractivity contribution in [2.75, 3.05) is 5.73 Å². The lowest BCUT2D eigenvalue weighted by molar-refractivity contribution is -0.142. The number of carbonyl (C=O) groups is 1. The lowest BCUT2D eigenvalue weighted by atomic mass is 10.1. The Bertz CT molecular complexity index is 1110. The minimum absolute atomic E-state index is 0.118. The van der Waals surface area contributed by atoms with Crippen LogP contribution >= 0.6 is 23.2 Å². The number of nitrogens with zero attached hydrogens (tertiary/aromatic N) is 3. The van der Waals surface area contributed by atoms with Gasteiger partial charge in [-0.3, -0.25) is 9.48 Å². The minimum Gasteiger partial charge on any atom is -0.482 e. The third kappa shape index (κ3) is 5.08. The first-order valence-corrected chi connectivity index (χ1v) is 10.3. The summed E-state index contributed by atoms with van der Waals surface area (Å²) in [4.78, 5) is 15.4. The molecule has 0 saturated heterocycles. The van der Waals surface area contributed by atoms with Crippen LogP contribution in [0.1, 0.15) is 31.9 Å². The molecular formula is C21H21Cl2FN4O3. The number of pyridine rings is 1. The van der Waals surface area contributed by atoms with Crippen LogP contribution in [0.25, 0.3) is 11.1 Å². The zero-order chi connectivity index (χ0) is 22.7. The average Bonchev–Trinajstić information content (AvgIpc) is 3.19. The van der Waals surface area contributed by atoms with Crippen molar-refractivity contribution in [1.29, 1.82) is 0 Å². The van der Waals surface area contributed by atoms with Gasteiger partial charge >= 0.3 is 5.97 Å². The first-order valence-electron chi connectivity index (χ1n) is 9.52. The number of hydrogen-bond donors (Lipinski definition) is 2. The molecule has 2 heterocycles. The molecule has 0 bridgehead atoms. The van der Waals surface area contributed by atoms with E-state index < -0.39 is 23.8 Å². The van der Waals surface area contributed by atoms with Crippen molar-refractivity contribution in [3.63, 3.8) is 0 Å². The summed E-state index contributed by atoms with van der Waals surface area (Å²) in [6.45, 7) is 3.74. The summed E-state index contributed by atoms with van der Waals surface area (Å²) in [5.74, 6) is -1.59. The summed E-state index contributed by atoms with van der Waals surface area (Å²) in [5.41, 5.74) is 7.65. The fraction of sp³-hybridized carbons (Fsp3) is 0.286. The summed E-state index contributed by atoms with van der Waals surface area (Å²) < 4.78 is 21.3. The molecule has 0 amide bonds. The highest BCUT2D eigenvalue weighted by Gasteiger charge is 2.20. The van der Waals surface area contributed by atoms with Gasteiger partial charge in [-0.05, 0) is 31.5 Å². The molecule has 0 spiro atoms. The Balaban J connectivity index is 1.85. The molecule has 3 N–H and O–H groups in total. The SMILES string of the molecule is CCC(Cn1cc(-c2cnc(N)c(OC(C)c3c(Cl)ccc(F)c3Cl)c2)cn1)C(=O)O. The van der Waals surface area contributed by atoms with Crippen LogP contribution < -0.4 is 10.5 Å². The average molecular weight is 467 g/mol. The predicted molar refractivity (Wildman–Crippen MR) is 117 cm³/mol. The lowest BCUT2D eigenvalue weighted by Gasteiger charge is -2.19. The number of rotatable bonds is 8. The maximum absolute atomic E-state index is 13.9. The molecule has 7 nitrogen and oxygen atoms in total. The van der Waals surface area contributed by atoms with Crippen LogP contribution in [-0.2, 0) is 11.3 Å². The van der Waals surface area contributed by atoms with Crippen LogP contribution in [0.3, 0.4) is 0 Å². The zero-order valence-electron chi connectivity index (χ0n) is 16.8. The molecule has 2 unspecified atom stereocenters. The molecule has 0 saturated carbocycles. The van der Waals surface area contributed by atoms with E-state index in [1.54, 1.807) is 36.3 Å². The number of ether oxygens (including phenoxy) is 1. The number of anilines is 1. The second kappa shape index (κ2) is 9.53. The van der Waals surface area contributed by atoms with Gasteiger partial charge in [0.05, 0.1) is 23.7 Å². The van der Waals surface area contributed by atoms with Gasteiger partial charge in [0.2, 0.25) is 0 Å². The highest BCUT2D eigenvalue weighted by molar-refractivity contribution is 6.36. The van der Waals surface area contributed by atoms with Gasteiger partial charge in [-0.2, -0.15) is 5.10 Å². The summed E-state index contributed by atoms with van der Waals surface area (Å²) in [5, 5.41) is 13.6. The van der Waals surface area contributed by atoms with E-state index in [0.717, 1.165) is 0 Å². The van der Waals surface area contributed by atoms with E-state index in [9.17, 15) is 14.3 Å². The fourth-order valence-corrected chi connectivity index (χ4v) is 3.77. The zero-order valence-corrected chi connectivity index (χ0v) is 18.4. The van der Waals surface area contributed by atoms with Gasteiger partial charge < -0.3 is 15.6 Å². The molecule has 0 aliphatic carbocycles. The topological polar surface area (TPSA) is 103 Å². The number of aliphatic carboxylic acids is 1. The maximum atomic E-state index is 13.9. The number of nitrogens with two attached hydrogens (primary N) is 1. The molecule has 2 aromatic heterocycles. The van der Waals surface area contributed by atoms with Crippen molar-refractivity contribution < 1.29 is 19.0 Å². The van der Waals surface area contributed by atoms with Gasteiger partial charge in [0.15, 0.2) is 11.6 Å². The second-order valence-electron chi connectivity index (χ2n) is 7.02. The van der Waals surface area contributed by atoms with Gasteiger partial charge in [0.1, 0.15) is 11.9 Å². The van der Waals surface area contributed by atoms with E-state index in [1.807, 2.05) is 6.92 Å². The molecule has 10 heteroatoms. The fourth-order valence-electron chi connectivity index (χ4n) is 3.09. The van der Waals surface area contributed by atoms with Crippen LogP contribution in [0.4, 0.5) is 10.2 Å². The number of carboxylic acid groups (broad SMARTS) is 1. The van der Waals surface area contributed by atoms with Gasteiger partial charge in [-0.15, -0.1) is 0 Å². The molecule has 0 fully saturated rings. The number of nitrogen functional groups attached to an aromatic ring is 1. The normalized spacial score (nSPS) is 13.1. The van der Waals surface area contributed by atoms with E-state index in [-0.39, 0.29) is 28.2 Å². The number of carboxylic acids is 1. The molecular weight excluding hydrogens is 446 g/mol. The van der Waals surface area contributed by atoms with Crippen molar-refractivity contribution >= 4 is 35.0 Å². The standard InChI is InChI=1S/C21H21Cl2FN4O3/c1-3-12(21(29)30)9-28-10-14(8-27-28)13-6-17(20(25)26-7-13)31-11(2)18-15(22)4-5-16(24)19(18)23/h4-8,10-12H,3,9H2,1-2H3,(H2,25,26)(H,29,30). The van der Waals surface area contributed by atoms with Crippen molar-refractivity contribution in [1.82, 2.24) is 14.8 Å². The highest BCUT2D eigenvalue weighted by Crippen LogP contribution is 2.36. The van der Waals surface area contributed by atoms with Crippen LogP contribution in [0.15, 0.2) is 36.8 Å². The van der Waals surface area contributed by atoms with E-state index in [2.05, 4.69) is 10.1 Å². The molecule has 0 radical (unpaired) electrons. The highest BCUT2D eigenvalue weighted by atomic mass is 35.5. The van der Waals surface area contributed by atoms with E-state index in [4.69, 9.17) is 33.7 Å². The third-order valence-electron chi connectivity index (χ3n) is 4.89. The quantitative estimate of drug-likeness (QED) is 0.440. The Hall–Kier alpha value is -2.84. The largest absolute Gasteiger partial charge is 0.482 e. The molecule has 164 valence electrons. The number of hydrogen-bond acceptors (Lipinski definition) is 5. The van der Waals surface area contributed by atoms with Gasteiger partial charge in [-0.1, -0.05) is 30.1 Å². The Kier molecular flexibility index (Phi) is 7.02. The van der Waals surface area contributed by atoms with Crippen molar-refractivity contribution in [3.8, 4) is 16.9 Å². The van der Waals surface area contributed by atoms with Crippen molar-refractivity contribution in [2.24, 2.45) is 5.92 Å².